The maximum absolute atomic E-state index is 10.8. The number of nitro benzene ring substituents is 1. The van der Waals surface area contributed by atoms with Crippen LogP contribution in [0.5, 0.6) is 0 Å². The Bertz CT molecular complexity index is 383. The van der Waals surface area contributed by atoms with E-state index in [4.69, 9.17) is 0 Å². The largest absolute Gasteiger partial charge is 0.385 e. The molecule has 0 spiro atoms. The molecule has 0 fully saturated rings. The number of nitrogens with zero attached hydrogens (tertiary/aromatic N) is 1. The first-order chi connectivity index (χ1) is 8.15. The minimum absolute atomic E-state index is 0.179. The van der Waals surface area contributed by atoms with Crippen LogP contribution in [0.15, 0.2) is 18.2 Å². The summed E-state index contributed by atoms with van der Waals surface area (Å²) in [6, 6.07) is 5.26. The van der Waals surface area contributed by atoms with Gasteiger partial charge in [0.25, 0.3) is 5.69 Å². The number of hydrogen-bond acceptors (Lipinski definition) is 4. The molecule has 0 radical (unpaired) electrons. The zero-order chi connectivity index (χ0) is 12.7. The second-order valence-corrected chi connectivity index (χ2v) is 5.13. The van der Waals surface area contributed by atoms with Gasteiger partial charge in [0.1, 0.15) is 0 Å². The lowest BCUT2D eigenvalue weighted by Crippen LogP contribution is -2.03. The lowest BCUT2D eigenvalue weighted by atomic mass is 10.2. The SMILES string of the molecule is CCSCCCNc1ccc(C)c([N+](=O)[O-])c1. The predicted octanol–water partition coefficient (Wildman–Crippen LogP) is 3.46. The molecule has 0 atom stereocenters. The highest BCUT2D eigenvalue weighted by Crippen LogP contribution is 2.22. The average Bonchev–Trinajstić information content (AvgIpc) is 2.30. The van der Waals surface area contributed by atoms with Gasteiger partial charge in [0, 0.05) is 23.9 Å². The van der Waals surface area contributed by atoms with Gasteiger partial charge < -0.3 is 5.32 Å². The van der Waals surface area contributed by atoms with Crippen LogP contribution in [0.4, 0.5) is 11.4 Å². The number of nitro groups is 1. The normalized spacial score (nSPS) is 10.2. The summed E-state index contributed by atoms with van der Waals surface area (Å²) < 4.78 is 0. The predicted molar refractivity (Wildman–Crippen MR) is 73.9 cm³/mol. The van der Waals surface area contributed by atoms with Crippen molar-refractivity contribution in [3.63, 3.8) is 0 Å². The molecule has 0 aromatic heterocycles. The van der Waals surface area contributed by atoms with Gasteiger partial charge in [-0.3, -0.25) is 10.1 Å². The van der Waals surface area contributed by atoms with Crippen molar-refractivity contribution in [2.75, 3.05) is 23.4 Å². The summed E-state index contributed by atoms with van der Waals surface area (Å²) in [7, 11) is 0. The Morgan fingerprint density at radius 1 is 1.47 bits per heavy atom. The molecular weight excluding hydrogens is 236 g/mol. The molecule has 1 aromatic rings. The van der Waals surface area contributed by atoms with E-state index in [1.54, 1.807) is 19.1 Å². The van der Waals surface area contributed by atoms with Gasteiger partial charge in [-0.15, -0.1) is 0 Å². The fraction of sp³-hybridized carbons (Fsp3) is 0.500. The van der Waals surface area contributed by atoms with Gasteiger partial charge in [-0.25, -0.2) is 0 Å². The summed E-state index contributed by atoms with van der Waals surface area (Å²) in [5.41, 5.74) is 1.70. The standard InChI is InChI=1S/C12H18N2O2S/c1-3-17-8-4-7-13-11-6-5-10(2)12(9-11)14(15)16/h5-6,9,13H,3-4,7-8H2,1-2H3. The molecule has 0 unspecified atom stereocenters. The Hall–Kier alpha value is -1.23. The number of anilines is 1. The van der Waals surface area contributed by atoms with Crippen LogP contribution >= 0.6 is 11.8 Å². The highest BCUT2D eigenvalue weighted by molar-refractivity contribution is 7.99. The summed E-state index contributed by atoms with van der Waals surface area (Å²) in [4.78, 5) is 10.4. The Kier molecular flexibility index (Phi) is 5.83. The van der Waals surface area contributed by atoms with E-state index in [2.05, 4.69) is 12.2 Å². The molecule has 4 nitrogen and oxygen atoms in total. The van der Waals surface area contributed by atoms with Crippen LogP contribution in [0.25, 0.3) is 0 Å². The Morgan fingerprint density at radius 2 is 2.24 bits per heavy atom. The van der Waals surface area contributed by atoms with Crippen LogP contribution in [0.3, 0.4) is 0 Å². The lowest BCUT2D eigenvalue weighted by Gasteiger charge is -2.06. The van der Waals surface area contributed by atoms with Crippen LogP contribution in [-0.2, 0) is 0 Å². The van der Waals surface area contributed by atoms with Crippen LogP contribution in [0, 0.1) is 17.0 Å². The molecule has 0 saturated carbocycles. The van der Waals surface area contributed by atoms with Crippen molar-refractivity contribution < 1.29 is 4.92 Å². The molecule has 1 N–H and O–H groups in total. The van der Waals surface area contributed by atoms with Crippen molar-refractivity contribution in [1.29, 1.82) is 0 Å². The monoisotopic (exact) mass is 254 g/mol. The second kappa shape index (κ2) is 7.17. The van der Waals surface area contributed by atoms with E-state index in [0.717, 1.165) is 30.2 Å². The summed E-state index contributed by atoms with van der Waals surface area (Å²) >= 11 is 1.91. The van der Waals surface area contributed by atoms with Crippen molar-refractivity contribution in [3.8, 4) is 0 Å². The number of nitrogens with one attached hydrogen (secondary N) is 1. The molecule has 1 rings (SSSR count). The van der Waals surface area contributed by atoms with Crippen LogP contribution < -0.4 is 5.32 Å². The van der Waals surface area contributed by atoms with Crippen molar-refractivity contribution in [3.05, 3.63) is 33.9 Å². The molecule has 0 amide bonds. The number of rotatable bonds is 7. The third-order valence-corrected chi connectivity index (χ3v) is 3.39. The van der Waals surface area contributed by atoms with Crippen LogP contribution in [0.2, 0.25) is 0 Å². The van der Waals surface area contributed by atoms with E-state index in [9.17, 15) is 10.1 Å². The van der Waals surface area contributed by atoms with Crippen LogP contribution in [0.1, 0.15) is 18.9 Å². The van der Waals surface area contributed by atoms with E-state index >= 15 is 0 Å². The molecule has 0 aliphatic rings. The van der Waals surface area contributed by atoms with Gasteiger partial charge >= 0.3 is 0 Å². The highest BCUT2D eigenvalue weighted by Gasteiger charge is 2.10. The van der Waals surface area contributed by atoms with E-state index < -0.39 is 0 Å². The molecule has 0 aliphatic carbocycles. The lowest BCUT2D eigenvalue weighted by molar-refractivity contribution is -0.385. The maximum atomic E-state index is 10.8. The number of thioether (sulfide) groups is 1. The van der Waals surface area contributed by atoms with E-state index in [0.29, 0.717) is 5.56 Å². The zero-order valence-electron chi connectivity index (χ0n) is 10.2. The van der Waals surface area contributed by atoms with Gasteiger partial charge in [0.15, 0.2) is 0 Å². The summed E-state index contributed by atoms with van der Waals surface area (Å²) in [6.07, 6.45) is 1.07. The van der Waals surface area contributed by atoms with Crippen molar-refractivity contribution in [2.45, 2.75) is 20.3 Å². The molecule has 5 heteroatoms. The zero-order valence-corrected chi connectivity index (χ0v) is 11.0. The first-order valence-corrected chi connectivity index (χ1v) is 6.87. The van der Waals surface area contributed by atoms with Crippen molar-refractivity contribution in [2.24, 2.45) is 0 Å². The van der Waals surface area contributed by atoms with E-state index in [-0.39, 0.29) is 10.6 Å². The van der Waals surface area contributed by atoms with Gasteiger partial charge in [-0.1, -0.05) is 13.0 Å². The quantitative estimate of drug-likeness (QED) is 0.460. The third-order valence-electron chi connectivity index (χ3n) is 2.40. The van der Waals surface area contributed by atoms with Gasteiger partial charge in [0.05, 0.1) is 4.92 Å². The first kappa shape index (κ1) is 13.8. The topological polar surface area (TPSA) is 55.2 Å². The number of benzene rings is 1. The smallest absolute Gasteiger partial charge is 0.274 e. The molecule has 94 valence electrons. The molecular formula is C12H18N2O2S. The van der Waals surface area contributed by atoms with Crippen molar-refractivity contribution >= 4 is 23.1 Å². The van der Waals surface area contributed by atoms with Gasteiger partial charge in [-0.05, 0) is 30.9 Å². The number of aryl methyl sites for hydroxylation is 1. The van der Waals surface area contributed by atoms with E-state index in [1.165, 1.54) is 0 Å². The van der Waals surface area contributed by atoms with E-state index in [1.807, 2.05) is 17.8 Å². The summed E-state index contributed by atoms with van der Waals surface area (Å²) in [5, 5.41) is 14.0. The molecule has 0 aliphatic heterocycles. The highest BCUT2D eigenvalue weighted by atomic mass is 32.2. The van der Waals surface area contributed by atoms with Crippen molar-refractivity contribution in [1.82, 2.24) is 0 Å². The molecule has 0 saturated heterocycles. The van der Waals surface area contributed by atoms with Gasteiger partial charge in [-0.2, -0.15) is 11.8 Å². The molecule has 1 aromatic carbocycles. The maximum Gasteiger partial charge on any atom is 0.274 e. The second-order valence-electron chi connectivity index (χ2n) is 3.74. The first-order valence-electron chi connectivity index (χ1n) is 5.71. The molecule has 0 bridgehead atoms. The average molecular weight is 254 g/mol. The Balaban J connectivity index is 2.49. The minimum atomic E-state index is -0.340. The molecule has 17 heavy (non-hydrogen) atoms. The van der Waals surface area contributed by atoms with Gasteiger partial charge in [0.2, 0.25) is 0 Å². The molecule has 0 heterocycles. The number of hydrogen-bond donors (Lipinski definition) is 1. The fourth-order valence-electron chi connectivity index (χ4n) is 1.47. The summed E-state index contributed by atoms with van der Waals surface area (Å²) in [6.45, 7) is 4.74. The Morgan fingerprint density at radius 3 is 2.88 bits per heavy atom. The minimum Gasteiger partial charge on any atom is -0.385 e. The Labute approximate surface area is 106 Å². The summed E-state index contributed by atoms with van der Waals surface area (Å²) in [5.74, 6) is 2.26. The fourth-order valence-corrected chi connectivity index (χ4v) is 2.10. The van der Waals surface area contributed by atoms with Crippen LogP contribution in [-0.4, -0.2) is 23.0 Å². The third kappa shape index (κ3) is 4.65.